The van der Waals surface area contributed by atoms with Crippen molar-refractivity contribution in [1.82, 2.24) is 4.90 Å². The van der Waals surface area contributed by atoms with Crippen LogP contribution in [0.2, 0.25) is 0 Å². The first kappa shape index (κ1) is 15.0. The number of aliphatic hydroxyl groups is 1. The Kier molecular flexibility index (Phi) is 4.23. The number of aliphatic hydroxyl groups excluding tert-OH is 1. The molecule has 1 heterocycles. The molecule has 0 aromatic heterocycles. The van der Waals surface area contributed by atoms with Gasteiger partial charge in [0.05, 0.1) is 7.11 Å². The molecular formula is C14H16N2O5. The van der Waals surface area contributed by atoms with Gasteiger partial charge in [-0.1, -0.05) is 12.1 Å². The van der Waals surface area contributed by atoms with Crippen LogP contribution < -0.4 is 4.90 Å². The third-order valence-electron chi connectivity index (χ3n) is 3.36. The van der Waals surface area contributed by atoms with E-state index < -0.39 is 23.9 Å². The Labute approximate surface area is 121 Å². The molecular weight excluding hydrogens is 276 g/mol. The average molecular weight is 292 g/mol. The van der Waals surface area contributed by atoms with Gasteiger partial charge in [0, 0.05) is 25.8 Å². The van der Waals surface area contributed by atoms with Crippen molar-refractivity contribution >= 4 is 23.5 Å². The first-order chi connectivity index (χ1) is 9.95. The summed E-state index contributed by atoms with van der Waals surface area (Å²) in [6.45, 7) is 0.785. The Balaban J connectivity index is 2.27. The average Bonchev–Trinajstić information content (AvgIpc) is 2.51. The van der Waals surface area contributed by atoms with Gasteiger partial charge in [-0.3, -0.25) is 9.59 Å². The van der Waals surface area contributed by atoms with E-state index in [1.807, 2.05) is 0 Å². The molecule has 7 nitrogen and oxygen atoms in total. The van der Waals surface area contributed by atoms with Gasteiger partial charge < -0.3 is 19.6 Å². The lowest BCUT2D eigenvalue weighted by atomic mass is 10.1. The fourth-order valence-electron chi connectivity index (χ4n) is 2.09. The van der Waals surface area contributed by atoms with Crippen LogP contribution in [0.1, 0.15) is 11.7 Å². The second-order valence-corrected chi connectivity index (χ2v) is 4.70. The van der Waals surface area contributed by atoms with Crippen LogP contribution in [-0.2, 0) is 19.1 Å². The van der Waals surface area contributed by atoms with Gasteiger partial charge in [0.15, 0.2) is 6.10 Å². The molecule has 1 fully saturated rings. The molecule has 0 bridgehead atoms. The highest BCUT2D eigenvalue weighted by Gasteiger charge is 2.31. The van der Waals surface area contributed by atoms with Gasteiger partial charge in [0.2, 0.25) is 0 Å². The maximum atomic E-state index is 12.0. The van der Waals surface area contributed by atoms with Crippen LogP contribution in [0, 0.1) is 0 Å². The number of benzene rings is 1. The van der Waals surface area contributed by atoms with Gasteiger partial charge in [-0.2, -0.15) is 0 Å². The summed E-state index contributed by atoms with van der Waals surface area (Å²) in [4.78, 5) is 37.7. The number of hydrogen-bond acceptors (Lipinski definition) is 5. The number of esters is 1. The number of methoxy groups -OCH3 is 1. The number of nitrogens with zero attached hydrogens (tertiary/aromatic N) is 2. The van der Waals surface area contributed by atoms with Crippen molar-refractivity contribution < 1.29 is 24.2 Å². The lowest BCUT2D eigenvalue weighted by Crippen LogP contribution is -2.53. The molecule has 0 radical (unpaired) electrons. The van der Waals surface area contributed by atoms with Crippen LogP contribution in [0.3, 0.4) is 0 Å². The highest BCUT2D eigenvalue weighted by molar-refractivity contribution is 6.40. The summed E-state index contributed by atoms with van der Waals surface area (Å²) >= 11 is 0. The summed E-state index contributed by atoms with van der Waals surface area (Å²) < 4.78 is 4.47. The molecule has 2 amide bonds. The van der Waals surface area contributed by atoms with Crippen LogP contribution in [0.5, 0.6) is 0 Å². The monoisotopic (exact) mass is 292 g/mol. The molecule has 21 heavy (non-hydrogen) atoms. The van der Waals surface area contributed by atoms with E-state index in [2.05, 4.69) is 4.74 Å². The third kappa shape index (κ3) is 2.87. The summed E-state index contributed by atoms with van der Waals surface area (Å²) in [6, 6.07) is 6.29. The number of amides is 2. The first-order valence-corrected chi connectivity index (χ1v) is 6.38. The van der Waals surface area contributed by atoms with Crippen LogP contribution in [-0.4, -0.2) is 55.0 Å². The van der Waals surface area contributed by atoms with E-state index in [-0.39, 0.29) is 0 Å². The third-order valence-corrected chi connectivity index (χ3v) is 3.36. The summed E-state index contributed by atoms with van der Waals surface area (Å²) in [7, 11) is 2.74. The number of piperazine rings is 1. The molecule has 1 aromatic rings. The second-order valence-electron chi connectivity index (χ2n) is 4.70. The zero-order valence-corrected chi connectivity index (χ0v) is 11.8. The summed E-state index contributed by atoms with van der Waals surface area (Å²) in [5.41, 5.74) is 0.764. The number of likely N-dealkylation sites (N-methyl/N-ethyl adjacent to an activating group) is 1. The van der Waals surface area contributed by atoms with Crippen molar-refractivity contribution in [2.45, 2.75) is 6.10 Å². The summed E-state index contributed by atoms with van der Waals surface area (Å²) in [5.74, 6) is -2.00. The van der Waals surface area contributed by atoms with Gasteiger partial charge in [-0.15, -0.1) is 0 Å². The van der Waals surface area contributed by atoms with E-state index in [1.165, 1.54) is 23.0 Å². The minimum absolute atomic E-state index is 0.304. The molecule has 1 aliphatic heterocycles. The van der Waals surface area contributed by atoms with Gasteiger partial charge in [0.25, 0.3) is 0 Å². The molecule has 0 aliphatic carbocycles. The fraction of sp³-hybridized carbons (Fsp3) is 0.357. The maximum absolute atomic E-state index is 12.0. The molecule has 1 unspecified atom stereocenters. The molecule has 0 saturated carbocycles. The molecule has 0 spiro atoms. The van der Waals surface area contributed by atoms with Gasteiger partial charge >= 0.3 is 17.8 Å². The molecule has 1 atom stereocenters. The smallest absolute Gasteiger partial charge is 0.339 e. The van der Waals surface area contributed by atoms with Crippen molar-refractivity contribution in [3.8, 4) is 0 Å². The quantitative estimate of drug-likeness (QED) is 0.610. The molecule has 1 N–H and O–H groups in total. The normalized spacial score (nSPS) is 16.9. The van der Waals surface area contributed by atoms with E-state index in [0.717, 1.165) is 0 Å². The highest BCUT2D eigenvalue weighted by Crippen LogP contribution is 2.23. The van der Waals surface area contributed by atoms with Gasteiger partial charge in [-0.25, -0.2) is 4.79 Å². The zero-order chi connectivity index (χ0) is 15.6. The SMILES string of the molecule is COC(=O)C(O)c1cccc(N2CCN(C)C(=O)C2=O)c1. The Morgan fingerprint density at radius 1 is 1.29 bits per heavy atom. The summed E-state index contributed by atoms with van der Waals surface area (Å²) in [6.07, 6.45) is -1.42. The molecule has 2 rings (SSSR count). The topological polar surface area (TPSA) is 87.2 Å². The van der Waals surface area contributed by atoms with Crippen LogP contribution in [0.4, 0.5) is 5.69 Å². The Morgan fingerprint density at radius 2 is 2.00 bits per heavy atom. The number of anilines is 1. The lowest BCUT2D eigenvalue weighted by molar-refractivity contribution is -0.150. The van der Waals surface area contributed by atoms with Gasteiger partial charge in [0.1, 0.15) is 0 Å². The van der Waals surface area contributed by atoms with Crippen LogP contribution in [0.15, 0.2) is 24.3 Å². The molecule has 1 aromatic carbocycles. The van der Waals surface area contributed by atoms with Crippen molar-refractivity contribution in [1.29, 1.82) is 0 Å². The number of carbonyl (C=O) groups excluding carboxylic acids is 3. The maximum Gasteiger partial charge on any atom is 0.339 e. The Morgan fingerprint density at radius 3 is 2.67 bits per heavy atom. The Hall–Kier alpha value is -2.41. The largest absolute Gasteiger partial charge is 0.467 e. The first-order valence-electron chi connectivity index (χ1n) is 6.38. The molecule has 1 aliphatic rings. The van der Waals surface area contributed by atoms with Crippen molar-refractivity contribution in [3.63, 3.8) is 0 Å². The van der Waals surface area contributed by atoms with E-state index in [1.54, 1.807) is 25.2 Å². The molecule has 7 heteroatoms. The summed E-state index contributed by atoms with van der Waals surface area (Å²) in [5, 5.41) is 9.82. The number of hydrogen-bond donors (Lipinski definition) is 1. The second kappa shape index (κ2) is 5.92. The fourth-order valence-corrected chi connectivity index (χ4v) is 2.09. The van der Waals surface area contributed by atoms with E-state index in [9.17, 15) is 19.5 Å². The predicted molar refractivity (Wildman–Crippen MR) is 73.4 cm³/mol. The van der Waals surface area contributed by atoms with Crippen molar-refractivity contribution in [2.75, 3.05) is 32.1 Å². The van der Waals surface area contributed by atoms with E-state index in [0.29, 0.717) is 24.3 Å². The number of ether oxygens (including phenoxy) is 1. The standard InChI is InChI=1S/C14H16N2O5/c1-15-6-7-16(13(19)12(15)18)10-5-3-4-9(8-10)11(17)14(20)21-2/h3-5,8,11,17H,6-7H2,1-2H3. The van der Waals surface area contributed by atoms with E-state index in [4.69, 9.17) is 0 Å². The number of rotatable bonds is 3. The number of carbonyl (C=O) groups is 3. The van der Waals surface area contributed by atoms with Gasteiger partial charge in [-0.05, 0) is 17.7 Å². The zero-order valence-electron chi connectivity index (χ0n) is 11.8. The Bertz CT molecular complexity index is 586. The minimum atomic E-state index is -1.42. The van der Waals surface area contributed by atoms with Crippen molar-refractivity contribution in [3.05, 3.63) is 29.8 Å². The van der Waals surface area contributed by atoms with Crippen LogP contribution >= 0.6 is 0 Å². The predicted octanol–water partition coefficient (Wildman–Crippen LogP) is -0.302. The van der Waals surface area contributed by atoms with Crippen molar-refractivity contribution in [2.24, 2.45) is 0 Å². The molecule has 112 valence electrons. The minimum Gasteiger partial charge on any atom is -0.467 e. The highest BCUT2D eigenvalue weighted by atomic mass is 16.5. The molecule has 1 saturated heterocycles. The lowest BCUT2D eigenvalue weighted by Gasteiger charge is -2.31. The van der Waals surface area contributed by atoms with Crippen LogP contribution in [0.25, 0.3) is 0 Å². The van der Waals surface area contributed by atoms with E-state index >= 15 is 0 Å².